The molecular weight excluding hydrogens is 294 g/mol. The molecule has 1 amide bonds. The Morgan fingerprint density at radius 1 is 1.50 bits per heavy atom. The first kappa shape index (κ1) is 15.5. The number of rotatable bonds is 4. The summed E-state index contributed by atoms with van der Waals surface area (Å²) in [6.07, 6.45) is 1.43. The molecule has 1 atom stereocenters. The van der Waals surface area contributed by atoms with E-state index in [-0.39, 0.29) is 17.6 Å². The number of nitrogens with zero attached hydrogens (tertiary/aromatic N) is 1. The predicted octanol–water partition coefficient (Wildman–Crippen LogP) is 2.42. The number of carbonyl (C=O) groups excluding carboxylic acids is 1. The lowest BCUT2D eigenvalue weighted by Gasteiger charge is -2.32. The largest absolute Gasteiger partial charge is 0.337 e. The Labute approximate surface area is 124 Å². The van der Waals surface area contributed by atoms with Crippen molar-refractivity contribution < 1.29 is 13.2 Å². The van der Waals surface area contributed by atoms with Crippen molar-refractivity contribution in [2.75, 3.05) is 18.8 Å². The van der Waals surface area contributed by atoms with Crippen LogP contribution in [0.25, 0.3) is 0 Å². The molecule has 0 N–H and O–H groups in total. The molecule has 2 rings (SSSR count). The average molecular weight is 315 g/mol. The summed E-state index contributed by atoms with van der Waals surface area (Å²) in [7, 11) is -3.11. The van der Waals surface area contributed by atoms with Crippen LogP contribution in [0.4, 0.5) is 0 Å². The van der Waals surface area contributed by atoms with Crippen molar-refractivity contribution in [1.29, 1.82) is 0 Å². The minimum absolute atomic E-state index is 0.0375. The molecule has 6 heteroatoms. The molecule has 1 fully saturated rings. The molecule has 1 aliphatic rings. The van der Waals surface area contributed by atoms with Crippen LogP contribution >= 0.6 is 11.3 Å². The smallest absolute Gasteiger partial charge is 0.263 e. The predicted molar refractivity (Wildman–Crippen MR) is 81.9 cm³/mol. The standard InChI is InChI=1S/C14H21NO3S2/c1-11(2)10-20(17,18)12-5-3-7-15(9-12)14(16)13-6-4-8-19-13/h4,6,8,11-12H,3,5,7,9-10H2,1-2H3. The van der Waals surface area contributed by atoms with Gasteiger partial charge in [0.05, 0.1) is 15.9 Å². The van der Waals surface area contributed by atoms with Crippen LogP contribution in [0, 0.1) is 5.92 Å². The zero-order chi connectivity index (χ0) is 14.8. The van der Waals surface area contributed by atoms with Gasteiger partial charge in [-0.1, -0.05) is 19.9 Å². The fourth-order valence-corrected chi connectivity index (χ4v) is 5.40. The Kier molecular flexibility index (Phi) is 4.86. The number of likely N-dealkylation sites (tertiary alicyclic amines) is 1. The van der Waals surface area contributed by atoms with Gasteiger partial charge >= 0.3 is 0 Å². The van der Waals surface area contributed by atoms with Crippen LogP contribution in [0.2, 0.25) is 0 Å². The highest BCUT2D eigenvalue weighted by Crippen LogP contribution is 2.22. The van der Waals surface area contributed by atoms with Crippen LogP contribution < -0.4 is 0 Å². The first-order valence-electron chi connectivity index (χ1n) is 6.94. The SMILES string of the molecule is CC(C)CS(=O)(=O)C1CCCN(C(=O)c2cccs2)C1. The first-order valence-corrected chi connectivity index (χ1v) is 9.54. The lowest BCUT2D eigenvalue weighted by Crippen LogP contribution is -2.46. The van der Waals surface area contributed by atoms with E-state index >= 15 is 0 Å². The van der Waals surface area contributed by atoms with Crippen molar-refractivity contribution in [3.8, 4) is 0 Å². The molecule has 1 unspecified atom stereocenters. The van der Waals surface area contributed by atoms with Gasteiger partial charge in [-0.3, -0.25) is 4.79 Å². The summed E-state index contributed by atoms with van der Waals surface area (Å²) >= 11 is 1.40. The summed E-state index contributed by atoms with van der Waals surface area (Å²) in [5.74, 6) is 0.298. The van der Waals surface area contributed by atoms with Crippen molar-refractivity contribution in [1.82, 2.24) is 4.90 Å². The van der Waals surface area contributed by atoms with Gasteiger partial charge in [-0.05, 0) is 30.2 Å². The van der Waals surface area contributed by atoms with Gasteiger partial charge in [0.25, 0.3) is 5.91 Å². The molecule has 1 aromatic heterocycles. The molecule has 112 valence electrons. The molecule has 0 radical (unpaired) electrons. The third kappa shape index (κ3) is 3.61. The number of carbonyl (C=O) groups is 1. The van der Waals surface area contributed by atoms with Gasteiger partial charge in [0, 0.05) is 13.1 Å². The van der Waals surface area contributed by atoms with Crippen LogP contribution in [0.5, 0.6) is 0 Å². The number of piperidine rings is 1. The van der Waals surface area contributed by atoms with Crippen molar-refractivity contribution in [2.45, 2.75) is 31.9 Å². The van der Waals surface area contributed by atoms with E-state index in [1.165, 1.54) is 11.3 Å². The third-order valence-electron chi connectivity index (χ3n) is 3.47. The molecule has 1 aromatic rings. The van der Waals surface area contributed by atoms with E-state index in [0.29, 0.717) is 24.4 Å². The monoisotopic (exact) mass is 315 g/mol. The number of sulfone groups is 1. The van der Waals surface area contributed by atoms with Crippen LogP contribution in [0.1, 0.15) is 36.4 Å². The Balaban J connectivity index is 2.07. The summed E-state index contributed by atoms with van der Waals surface area (Å²) in [6, 6.07) is 3.63. The number of amides is 1. The quantitative estimate of drug-likeness (QED) is 0.857. The second-order valence-corrected chi connectivity index (χ2v) is 8.99. The molecule has 0 aromatic carbocycles. The molecule has 1 saturated heterocycles. The van der Waals surface area contributed by atoms with E-state index in [1.807, 2.05) is 25.3 Å². The maximum Gasteiger partial charge on any atom is 0.263 e. The lowest BCUT2D eigenvalue weighted by atomic mass is 10.1. The van der Waals surface area contributed by atoms with Crippen LogP contribution in [-0.4, -0.2) is 43.3 Å². The van der Waals surface area contributed by atoms with Crippen LogP contribution in [-0.2, 0) is 9.84 Å². The minimum atomic E-state index is -3.11. The van der Waals surface area contributed by atoms with Crippen molar-refractivity contribution in [2.24, 2.45) is 5.92 Å². The fourth-order valence-electron chi connectivity index (χ4n) is 2.57. The van der Waals surface area contributed by atoms with Crippen LogP contribution in [0.15, 0.2) is 17.5 Å². The second kappa shape index (κ2) is 6.26. The van der Waals surface area contributed by atoms with E-state index in [1.54, 1.807) is 11.0 Å². The maximum absolute atomic E-state index is 12.3. The van der Waals surface area contributed by atoms with Gasteiger partial charge in [0.1, 0.15) is 0 Å². The second-order valence-electron chi connectivity index (χ2n) is 5.72. The Bertz CT molecular complexity index is 549. The molecule has 1 aliphatic heterocycles. The number of thiophene rings is 1. The van der Waals surface area contributed by atoms with Crippen molar-refractivity contribution in [3.05, 3.63) is 22.4 Å². The molecule has 0 aliphatic carbocycles. The average Bonchev–Trinajstić information content (AvgIpc) is 2.90. The molecule has 0 spiro atoms. The molecule has 4 nitrogen and oxygen atoms in total. The highest BCUT2D eigenvalue weighted by atomic mass is 32.2. The lowest BCUT2D eigenvalue weighted by molar-refractivity contribution is 0.0732. The van der Waals surface area contributed by atoms with Gasteiger partial charge in [0.15, 0.2) is 9.84 Å². The van der Waals surface area contributed by atoms with Crippen molar-refractivity contribution in [3.63, 3.8) is 0 Å². The molecule has 0 saturated carbocycles. The summed E-state index contributed by atoms with van der Waals surface area (Å²) in [5.41, 5.74) is 0. The van der Waals surface area contributed by atoms with E-state index in [2.05, 4.69) is 0 Å². The third-order valence-corrected chi connectivity index (χ3v) is 6.86. The highest BCUT2D eigenvalue weighted by Gasteiger charge is 2.33. The number of hydrogen-bond donors (Lipinski definition) is 0. The summed E-state index contributed by atoms with van der Waals surface area (Å²) < 4.78 is 24.6. The van der Waals surface area contributed by atoms with Crippen molar-refractivity contribution >= 4 is 27.1 Å². The fraction of sp³-hybridized carbons (Fsp3) is 0.643. The first-order chi connectivity index (χ1) is 9.40. The van der Waals surface area contributed by atoms with Gasteiger partial charge in [-0.25, -0.2) is 8.42 Å². The van der Waals surface area contributed by atoms with Gasteiger partial charge in [-0.2, -0.15) is 0 Å². The Morgan fingerprint density at radius 2 is 2.25 bits per heavy atom. The maximum atomic E-state index is 12.3. The zero-order valence-electron chi connectivity index (χ0n) is 11.9. The highest BCUT2D eigenvalue weighted by molar-refractivity contribution is 7.92. The summed E-state index contributed by atoms with van der Waals surface area (Å²) in [4.78, 5) is 14.7. The summed E-state index contributed by atoms with van der Waals surface area (Å²) in [5, 5.41) is 1.46. The summed E-state index contributed by atoms with van der Waals surface area (Å²) in [6.45, 7) is 4.82. The Hall–Kier alpha value is -0.880. The topological polar surface area (TPSA) is 54.5 Å². The van der Waals surface area contributed by atoms with Gasteiger partial charge < -0.3 is 4.90 Å². The van der Waals surface area contributed by atoms with Gasteiger partial charge in [-0.15, -0.1) is 11.3 Å². The molecule has 20 heavy (non-hydrogen) atoms. The number of hydrogen-bond acceptors (Lipinski definition) is 4. The molecule has 0 bridgehead atoms. The molecule has 2 heterocycles. The van der Waals surface area contributed by atoms with E-state index in [9.17, 15) is 13.2 Å². The zero-order valence-corrected chi connectivity index (χ0v) is 13.5. The normalized spacial score (nSPS) is 20.4. The van der Waals surface area contributed by atoms with Gasteiger partial charge in [0.2, 0.25) is 0 Å². The van der Waals surface area contributed by atoms with E-state index < -0.39 is 15.1 Å². The van der Waals surface area contributed by atoms with Crippen LogP contribution in [0.3, 0.4) is 0 Å². The Morgan fingerprint density at radius 3 is 2.85 bits per heavy atom. The van der Waals surface area contributed by atoms with E-state index in [4.69, 9.17) is 0 Å². The minimum Gasteiger partial charge on any atom is -0.337 e. The van der Waals surface area contributed by atoms with E-state index in [0.717, 1.165) is 6.42 Å². The molecular formula is C14H21NO3S2.